The van der Waals surface area contributed by atoms with Crippen LogP contribution in [0.25, 0.3) is 0 Å². The van der Waals surface area contributed by atoms with E-state index >= 15 is 0 Å². The minimum Gasteiger partial charge on any atom is -0.493 e. The van der Waals surface area contributed by atoms with E-state index < -0.39 is 12.0 Å². The molecule has 1 N–H and O–H groups in total. The number of fused-ring (bicyclic) bond motifs is 5. The number of benzene rings is 2. The number of rotatable bonds is 5. The van der Waals surface area contributed by atoms with Gasteiger partial charge in [-0.15, -0.1) is 0 Å². The van der Waals surface area contributed by atoms with Crippen LogP contribution in [0, 0.1) is 11.8 Å². The summed E-state index contributed by atoms with van der Waals surface area (Å²) in [7, 11) is 4.63. The molecule has 8 heteroatoms. The fourth-order valence-corrected chi connectivity index (χ4v) is 4.89. The second-order valence-corrected chi connectivity index (χ2v) is 7.50. The van der Waals surface area contributed by atoms with Crippen molar-refractivity contribution in [3.63, 3.8) is 0 Å². The second kappa shape index (κ2) is 6.98. The summed E-state index contributed by atoms with van der Waals surface area (Å²) in [4.78, 5) is 12.9. The summed E-state index contributed by atoms with van der Waals surface area (Å²) in [5.74, 6) is 1.05. The highest BCUT2D eigenvalue weighted by molar-refractivity contribution is 5.80. The lowest BCUT2D eigenvalue weighted by molar-refractivity contribution is -0.144. The maximum Gasteiger partial charge on any atom is 0.311 e. The lowest BCUT2D eigenvalue weighted by Crippen LogP contribution is -2.32. The number of esters is 1. The molecule has 158 valence electrons. The van der Waals surface area contributed by atoms with Crippen LogP contribution >= 0.6 is 0 Å². The van der Waals surface area contributed by atoms with Crippen LogP contribution in [-0.4, -0.2) is 45.8 Å². The van der Waals surface area contributed by atoms with Crippen LogP contribution in [0.4, 0.5) is 0 Å². The molecule has 2 heterocycles. The summed E-state index contributed by atoms with van der Waals surface area (Å²) < 4.78 is 33.3. The van der Waals surface area contributed by atoms with Crippen molar-refractivity contribution in [1.82, 2.24) is 0 Å². The first-order valence-electron chi connectivity index (χ1n) is 9.66. The predicted octanol–water partition coefficient (Wildman–Crippen LogP) is 2.41. The first-order chi connectivity index (χ1) is 14.6. The molecule has 4 atom stereocenters. The molecule has 30 heavy (non-hydrogen) atoms. The number of ether oxygens (including phenoxy) is 6. The smallest absolute Gasteiger partial charge is 0.311 e. The number of carbonyl (C=O) groups is 1. The number of hydrogen-bond donors (Lipinski definition) is 1. The maximum absolute atomic E-state index is 12.9. The third-order valence-electron chi connectivity index (χ3n) is 6.20. The molecule has 2 bridgehead atoms. The zero-order valence-corrected chi connectivity index (χ0v) is 16.8. The summed E-state index contributed by atoms with van der Waals surface area (Å²) in [6.45, 7) is -0.0275. The summed E-state index contributed by atoms with van der Waals surface area (Å²) in [6.07, 6.45) is -0.518. The van der Waals surface area contributed by atoms with Gasteiger partial charge in [-0.1, -0.05) is 0 Å². The van der Waals surface area contributed by atoms with Gasteiger partial charge in [-0.05, 0) is 35.4 Å². The Morgan fingerprint density at radius 1 is 0.967 bits per heavy atom. The minimum atomic E-state index is -0.546. The predicted molar refractivity (Wildman–Crippen MR) is 103 cm³/mol. The fourth-order valence-electron chi connectivity index (χ4n) is 4.89. The standard InChI is InChI=1S/C22H22O8/c1-25-16-4-10(5-17(26-2)21(16)27-3)18-11-6-14-15(29-9-28-14)7-12(11)20-13(8-23)19(18)22(24)30-20/h4-7,13,18-20,23H,8-9H2,1-3H3/t13-,18-,19+,20-/m1/s1. The lowest BCUT2D eigenvalue weighted by Gasteiger charge is -2.34. The van der Waals surface area contributed by atoms with E-state index in [9.17, 15) is 9.90 Å². The van der Waals surface area contributed by atoms with Crippen molar-refractivity contribution in [3.8, 4) is 28.7 Å². The first-order valence-corrected chi connectivity index (χ1v) is 9.66. The summed E-state index contributed by atoms with van der Waals surface area (Å²) in [5, 5.41) is 10.1. The van der Waals surface area contributed by atoms with Gasteiger partial charge in [0, 0.05) is 17.4 Å². The fraction of sp³-hybridized carbons (Fsp3) is 0.409. The van der Waals surface area contributed by atoms with Gasteiger partial charge in [0.2, 0.25) is 12.5 Å². The average Bonchev–Trinajstić information content (AvgIpc) is 3.33. The molecule has 0 radical (unpaired) electrons. The van der Waals surface area contributed by atoms with Crippen LogP contribution in [0.15, 0.2) is 24.3 Å². The lowest BCUT2D eigenvalue weighted by atomic mass is 9.67. The van der Waals surface area contributed by atoms with Crippen LogP contribution < -0.4 is 23.7 Å². The van der Waals surface area contributed by atoms with Gasteiger partial charge >= 0.3 is 5.97 Å². The Morgan fingerprint density at radius 3 is 2.17 bits per heavy atom. The van der Waals surface area contributed by atoms with Gasteiger partial charge in [-0.25, -0.2) is 0 Å². The van der Waals surface area contributed by atoms with Gasteiger partial charge in [0.25, 0.3) is 0 Å². The maximum atomic E-state index is 12.9. The van der Waals surface area contributed by atoms with Crippen molar-refractivity contribution in [1.29, 1.82) is 0 Å². The van der Waals surface area contributed by atoms with Crippen LogP contribution in [0.5, 0.6) is 28.7 Å². The molecule has 0 saturated carbocycles. The molecule has 0 aromatic heterocycles. The van der Waals surface area contributed by atoms with E-state index in [2.05, 4.69) is 0 Å². The molecule has 1 fully saturated rings. The topological polar surface area (TPSA) is 92.7 Å². The van der Waals surface area contributed by atoms with E-state index in [0.29, 0.717) is 28.7 Å². The van der Waals surface area contributed by atoms with Crippen LogP contribution in [0.2, 0.25) is 0 Å². The third kappa shape index (κ3) is 2.53. The molecule has 2 aliphatic heterocycles. The third-order valence-corrected chi connectivity index (χ3v) is 6.20. The van der Waals surface area contributed by atoms with Crippen LogP contribution in [-0.2, 0) is 9.53 Å². The molecule has 8 nitrogen and oxygen atoms in total. The van der Waals surface area contributed by atoms with Crippen LogP contribution in [0.3, 0.4) is 0 Å². The number of methoxy groups -OCH3 is 3. The number of aliphatic hydroxyl groups excluding tert-OH is 1. The van der Waals surface area contributed by atoms with Crippen LogP contribution in [0.1, 0.15) is 28.7 Å². The van der Waals surface area contributed by atoms with Crippen molar-refractivity contribution >= 4 is 5.97 Å². The Bertz CT molecular complexity index is 991. The van der Waals surface area contributed by atoms with E-state index in [-0.39, 0.29) is 31.2 Å². The van der Waals surface area contributed by atoms with E-state index in [1.807, 2.05) is 24.3 Å². The molecule has 0 unspecified atom stereocenters. The Morgan fingerprint density at radius 2 is 1.60 bits per heavy atom. The van der Waals surface area contributed by atoms with Gasteiger partial charge in [-0.3, -0.25) is 4.79 Å². The minimum absolute atomic E-state index is 0.143. The molecule has 1 saturated heterocycles. The van der Waals surface area contributed by atoms with Gasteiger partial charge < -0.3 is 33.5 Å². The van der Waals surface area contributed by atoms with E-state index in [4.69, 9.17) is 28.4 Å². The molecule has 2 aromatic rings. The SMILES string of the molecule is COc1cc([C@@H]2c3cc4c(cc3[C@H]3OC(=O)[C@H]2[C@H]3CO)OCO4)cc(OC)c1OC. The van der Waals surface area contributed by atoms with Crippen molar-refractivity contribution < 1.29 is 38.3 Å². The zero-order chi connectivity index (χ0) is 21.0. The highest BCUT2D eigenvalue weighted by atomic mass is 16.7. The molecule has 5 rings (SSSR count). The molecular weight excluding hydrogens is 392 g/mol. The molecule has 2 aromatic carbocycles. The number of aliphatic hydroxyl groups is 1. The summed E-state index contributed by atoms with van der Waals surface area (Å²) in [6, 6.07) is 7.42. The first kappa shape index (κ1) is 18.9. The average molecular weight is 414 g/mol. The van der Waals surface area contributed by atoms with E-state index in [1.54, 1.807) is 14.2 Å². The monoisotopic (exact) mass is 414 g/mol. The van der Waals surface area contributed by atoms with Crippen molar-refractivity contribution in [3.05, 3.63) is 41.0 Å². The molecule has 1 aliphatic carbocycles. The Labute approximate surface area is 173 Å². The quantitative estimate of drug-likeness (QED) is 0.746. The zero-order valence-electron chi connectivity index (χ0n) is 16.8. The van der Waals surface area contributed by atoms with Gasteiger partial charge in [0.1, 0.15) is 6.10 Å². The molecule has 0 amide bonds. The van der Waals surface area contributed by atoms with Gasteiger partial charge in [0.05, 0.1) is 33.9 Å². The normalized spacial score (nSPS) is 25.5. The van der Waals surface area contributed by atoms with Crippen molar-refractivity contribution in [2.45, 2.75) is 12.0 Å². The van der Waals surface area contributed by atoms with E-state index in [1.165, 1.54) is 7.11 Å². The summed E-state index contributed by atoms with van der Waals surface area (Å²) in [5.41, 5.74) is 2.52. The van der Waals surface area contributed by atoms with Crippen molar-refractivity contribution in [2.24, 2.45) is 11.8 Å². The summed E-state index contributed by atoms with van der Waals surface area (Å²) >= 11 is 0. The second-order valence-electron chi connectivity index (χ2n) is 7.50. The molecule has 0 spiro atoms. The highest BCUT2D eigenvalue weighted by Crippen LogP contribution is 2.58. The molecular formula is C22H22O8. The van der Waals surface area contributed by atoms with Gasteiger partial charge in [0.15, 0.2) is 23.0 Å². The van der Waals surface area contributed by atoms with Crippen molar-refractivity contribution in [2.75, 3.05) is 34.7 Å². The van der Waals surface area contributed by atoms with E-state index in [0.717, 1.165) is 16.7 Å². The largest absolute Gasteiger partial charge is 0.493 e. The Balaban J connectivity index is 1.75. The molecule has 3 aliphatic rings. The highest BCUT2D eigenvalue weighted by Gasteiger charge is 2.55. The number of hydrogen-bond acceptors (Lipinski definition) is 8. The Kier molecular flexibility index (Phi) is 4.39. The van der Waals surface area contributed by atoms with Gasteiger partial charge in [-0.2, -0.15) is 0 Å². The Hall–Kier alpha value is -3.13. The number of carbonyl (C=O) groups excluding carboxylic acids is 1.